The van der Waals surface area contributed by atoms with Crippen molar-refractivity contribution in [3.05, 3.63) is 35.6 Å². The Bertz CT molecular complexity index is 460. The van der Waals surface area contributed by atoms with Crippen LogP contribution in [0.5, 0.6) is 5.75 Å². The Hall–Kier alpha value is -1.42. The van der Waals surface area contributed by atoms with Crippen LogP contribution in [0.2, 0.25) is 0 Å². The van der Waals surface area contributed by atoms with Crippen LogP contribution < -0.4 is 4.74 Å². The lowest BCUT2D eigenvalue weighted by Gasteiger charge is -2.04. The minimum absolute atomic E-state index is 0.264. The van der Waals surface area contributed by atoms with E-state index in [1.807, 2.05) is 0 Å². The molecule has 0 amide bonds. The van der Waals surface area contributed by atoms with Gasteiger partial charge in [0.1, 0.15) is 5.75 Å². The number of benzene rings is 1. The maximum atomic E-state index is 10.8. The lowest BCUT2D eigenvalue weighted by Crippen LogP contribution is -2.02. The van der Waals surface area contributed by atoms with Gasteiger partial charge >= 0.3 is 13.6 Å². The summed E-state index contributed by atoms with van der Waals surface area (Å²) in [5, 5.41) is 0. The molecule has 0 spiro atoms. The molecule has 0 unspecified atom stereocenters. The molecule has 0 radical (unpaired) electrons. The van der Waals surface area contributed by atoms with Crippen molar-refractivity contribution in [3.63, 3.8) is 0 Å². The van der Waals surface area contributed by atoms with Gasteiger partial charge in [-0.3, -0.25) is 9.36 Å². The van der Waals surface area contributed by atoms with Gasteiger partial charge in [-0.2, -0.15) is 0 Å². The smallest absolute Gasteiger partial charge is 0.349 e. The van der Waals surface area contributed by atoms with Gasteiger partial charge in [0.15, 0.2) is 0 Å². The topological polar surface area (TPSA) is 83.8 Å². The maximum Gasteiger partial charge on any atom is 0.349 e. The van der Waals surface area contributed by atoms with Crippen LogP contribution in [0.1, 0.15) is 12.5 Å². The fourth-order valence-electron chi connectivity index (χ4n) is 1.04. The van der Waals surface area contributed by atoms with E-state index in [2.05, 4.69) is 0 Å². The summed E-state index contributed by atoms with van der Waals surface area (Å²) in [4.78, 5) is 28.1. The first kappa shape index (κ1) is 12.6. The third-order valence-corrected chi connectivity index (χ3v) is 2.16. The highest BCUT2D eigenvalue weighted by Gasteiger charge is 2.08. The average molecular weight is 242 g/mol. The highest BCUT2D eigenvalue weighted by atomic mass is 31.2. The van der Waals surface area contributed by atoms with E-state index in [0.29, 0.717) is 5.56 Å². The Morgan fingerprint density at radius 1 is 1.38 bits per heavy atom. The lowest BCUT2D eigenvalue weighted by molar-refractivity contribution is -0.131. The van der Waals surface area contributed by atoms with Crippen molar-refractivity contribution in [3.8, 4) is 5.75 Å². The number of carbonyl (C=O) groups excluding carboxylic acids is 1. The van der Waals surface area contributed by atoms with Crippen molar-refractivity contribution in [2.45, 2.75) is 6.92 Å². The van der Waals surface area contributed by atoms with Gasteiger partial charge in [-0.1, -0.05) is 18.2 Å². The average Bonchev–Trinajstić information content (AvgIpc) is 2.14. The Balaban J connectivity index is 3.00. The Morgan fingerprint density at radius 2 is 2.00 bits per heavy atom. The van der Waals surface area contributed by atoms with Crippen LogP contribution in [0.25, 0.3) is 6.08 Å². The second-order valence-corrected chi connectivity index (χ2v) is 4.51. The third kappa shape index (κ3) is 4.40. The highest BCUT2D eigenvalue weighted by Crippen LogP contribution is 2.37. The summed E-state index contributed by atoms with van der Waals surface area (Å²) in [5.41, 5.74) is 0.432. The molecular weight excluding hydrogens is 231 g/mol. The van der Waals surface area contributed by atoms with Crippen LogP contribution in [0.3, 0.4) is 0 Å². The summed E-state index contributed by atoms with van der Waals surface area (Å²) in [6.45, 7) is 1.25. The highest BCUT2D eigenvalue weighted by molar-refractivity contribution is 7.55. The van der Waals surface area contributed by atoms with Crippen molar-refractivity contribution >= 4 is 19.6 Å². The summed E-state index contributed by atoms with van der Waals surface area (Å²) in [6, 6.07) is 6.46. The number of rotatable bonds is 3. The SMILES string of the molecule is CC(=O)Oc1ccccc1/C=C/P(=O)(O)O. The van der Waals surface area contributed by atoms with Gasteiger partial charge in [-0.15, -0.1) is 0 Å². The molecule has 0 atom stereocenters. The molecule has 0 aliphatic carbocycles. The zero-order valence-corrected chi connectivity index (χ0v) is 9.42. The monoisotopic (exact) mass is 242 g/mol. The molecule has 16 heavy (non-hydrogen) atoms. The summed E-state index contributed by atoms with van der Waals surface area (Å²) >= 11 is 0. The van der Waals surface area contributed by atoms with E-state index in [1.165, 1.54) is 13.0 Å². The number of carbonyl (C=O) groups is 1. The molecule has 1 rings (SSSR count). The summed E-state index contributed by atoms with van der Waals surface area (Å²) < 4.78 is 15.5. The summed E-state index contributed by atoms with van der Waals surface area (Å²) in [7, 11) is -4.21. The van der Waals surface area contributed by atoms with Crippen molar-refractivity contribution in [1.82, 2.24) is 0 Å². The minimum atomic E-state index is -4.21. The van der Waals surface area contributed by atoms with E-state index in [-0.39, 0.29) is 5.75 Å². The van der Waals surface area contributed by atoms with Gasteiger partial charge in [0, 0.05) is 18.3 Å². The maximum absolute atomic E-state index is 10.8. The quantitative estimate of drug-likeness (QED) is 0.479. The van der Waals surface area contributed by atoms with Gasteiger partial charge < -0.3 is 14.5 Å². The van der Waals surface area contributed by atoms with Crippen LogP contribution in [-0.2, 0) is 9.36 Å². The van der Waals surface area contributed by atoms with E-state index >= 15 is 0 Å². The first-order valence-corrected chi connectivity index (χ1v) is 6.08. The fourth-order valence-corrected chi connectivity index (χ4v) is 1.40. The molecule has 0 saturated carbocycles. The van der Waals surface area contributed by atoms with Crippen LogP contribution in [-0.4, -0.2) is 15.8 Å². The minimum Gasteiger partial charge on any atom is -0.426 e. The van der Waals surface area contributed by atoms with Crippen molar-refractivity contribution in [2.24, 2.45) is 0 Å². The molecule has 1 aromatic rings. The largest absolute Gasteiger partial charge is 0.426 e. The number of hydrogen-bond donors (Lipinski definition) is 2. The van der Waals surface area contributed by atoms with E-state index in [9.17, 15) is 9.36 Å². The first-order valence-electron chi connectivity index (χ1n) is 4.40. The normalized spacial score (nSPS) is 11.7. The second-order valence-electron chi connectivity index (χ2n) is 3.04. The zero-order chi connectivity index (χ0) is 12.2. The summed E-state index contributed by atoms with van der Waals surface area (Å²) in [5.74, 6) is 0.534. The molecule has 0 saturated heterocycles. The zero-order valence-electron chi connectivity index (χ0n) is 8.53. The van der Waals surface area contributed by atoms with Crippen LogP contribution in [0, 0.1) is 0 Å². The molecule has 6 heteroatoms. The number of para-hydroxylation sites is 1. The van der Waals surface area contributed by atoms with Gasteiger partial charge in [0.25, 0.3) is 0 Å². The summed E-state index contributed by atoms with van der Waals surface area (Å²) in [6.07, 6.45) is 1.22. The van der Waals surface area contributed by atoms with E-state index < -0.39 is 13.6 Å². The fraction of sp³-hybridized carbons (Fsp3) is 0.100. The Kier molecular flexibility index (Phi) is 4.01. The number of esters is 1. The number of ether oxygens (including phenoxy) is 1. The standard InChI is InChI=1S/C10H11O5P/c1-8(11)15-10-5-3-2-4-9(10)6-7-16(12,13)14/h2-7H,1H3,(H2,12,13,14)/b7-6+. The molecular formula is C10H11O5P. The third-order valence-electron chi connectivity index (χ3n) is 1.62. The van der Waals surface area contributed by atoms with Crippen molar-refractivity contribution in [1.29, 1.82) is 0 Å². The van der Waals surface area contributed by atoms with Crippen molar-refractivity contribution in [2.75, 3.05) is 0 Å². The van der Waals surface area contributed by atoms with Gasteiger partial charge in [0.05, 0.1) is 0 Å². The molecule has 0 bridgehead atoms. The van der Waals surface area contributed by atoms with Gasteiger partial charge in [0.2, 0.25) is 0 Å². The van der Waals surface area contributed by atoms with Gasteiger partial charge in [-0.05, 0) is 12.1 Å². The molecule has 0 heterocycles. The van der Waals surface area contributed by atoms with Crippen LogP contribution in [0.15, 0.2) is 30.1 Å². The molecule has 0 fully saturated rings. The molecule has 0 aliphatic rings. The Morgan fingerprint density at radius 3 is 2.56 bits per heavy atom. The predicted molar refractivity (Wildman–Crippen MR) is 58.8 cm³/mol. The van der Waals surface area contributed by atoms with Gasteiger partial charge in [-0.25, -0.2) is 0 Å². The molecule has 0 aromatic heterocycles. The molecule has 1 aromatic carbocycles. The van der Waals surface area contributed by atoms with Crippen LogP contribution >= 0.6 is 7.60 Å². The van der Waals surface area contributed by atoms with E-state index in [1.54, 1.807) is 24.3 Å². The second kappa shape index (κ2) is 5.07. The lowest BCUT2D eigenvalue weighted by atomic mass is 10.2. The van der Waals surface area contributed by atoms with Crippen LogP contribution in [0.4, 0.5) is 0 Å². The molecule has 5 nitrogen and oxygen atoms in total. The van der Waals surface area contributed by atoms with E-state index in [4.69, 9.17) is 14.5 Å². The molecule has 86 valence electrons. The molecule has 2 N–H and O–H groups in total. The van der Waals surface area contributed by atoms with E-state index in [0.717, 1.165) is 5.82 Å². The predicted octanol–water partition coefficient (Wildman–Crippen LogP) is 1.76. The first-order chi connectivity index (χ1) is 7.38. The van der Waals surface area contributed by atoms with Crippen molar-refractivity contribution < 1.29 is 23.9 Å². The molecule has 0 aliphatic heterocycles. The number of hydrogen-bond acceptors (Lipinski definition) is 3. The Labute approximate surface area is 92.5 Å².